The van der Waals surface area contributed by atoms with Crippen LogP contribution in [0.5, 0.6) is 0 Å². The van der Waals surface area contributed by atoms with Crippen LogP contribution in [0.2, 0.25) is 0 Å². The highest BCUT2D eigenvalue weighted by Gasteiger charge is 2.34. The van der Waals surface area contributed by atoms with Crippen molar-refractivity contribution in [1.82, 2.24) is 10.2 Å². The summed E-state index contributed by atoms with van der Waals surface area (Å²) in [6, 6.07) is 11.0. The minimum Gasteiger partial charge on any atom is -0.394 e. The molecule has 20 heavy (non-hydrogen) atoms. The molecule has 3 nitrogen and oxygen atoms in total. The first-order valence-electron chi connectivity index (χ1n) is 7.85. The topological polar surface area (TPSA) is 35.5 Å². The second kappa shape index (κ2) is 7.21. The molecule has 1 aromatic carbocycles. The van der Waals surface area contributed by atoms with Gasteiger partial charge in [-0.2, -0.15) is 0 Å². The largest absolute Gasteiger partial charge is 0.394 e. The standard InChI is InChI=1S/C17H28N2O/c1-3-16-11-7-8-12-19(16)13-17(14-20,18-2)15-9-5-4-6-10-15/h4-6,9-10,16,18,20H,3,7-8,11-14H2,1-2H3. The van der Waals surface area contributed by atoms with Gasteiger partial charge in [-0.1, -0.05) is 43.7 Å². The monoisotopic (exact) mass is 276 g/mol. The summed E-state index contributed by atoms with van der Waals surface area (Å²) >= 11 is 0. The van der Waals surface area contributed by atoms with Crippen molar-refractivity contribution in [2.45, 2.75) is 44.2 Å². The normalized spacial score (nSPS) is 23.4. The zero-order chi connectivity index (χ0) is 14.4. The van der Waals surface area contributed by atoms with Crippen LogP contribution < -0.4 is 5.32 Å². The molecule has 0 aromatic heterocycles. The number of benzene rings is 1. The molecule has 0 saturated carbocycles. The molecule has 1 aromatic rings. The number of piperidine rings is 1. The van der Waals surface area contributed by atoms with E-state index in [4.69, 9.17) is 0 Å². The molecule has 2 atom stereocenters. The van der Waals surface area contributed by atoms with Crippen molar-refractivity contribution in [1.29, 1.82) is 0 Å². The first-order chi connectivity index (χ1) is 9.75. The Balaban J connectivity index is 2.20. The van der Waals surface area contributed by atoms with E-state index in [2.05, 4.69) is 29.3 Å². The molecule has 2 rings (SSSR count). The van der Waals surface area contributed by atoms with Crippen LogP contribution in [0.15, 0.2) is 30.3 Å². The van der Waals surface area contributed by atoms with E-state index >= 15 is 0 Å². The molecule has 0 amide bonds. The van der Waals surface area contributed by atoms with Crippen molar-refractivity contribution in [3.63, 3.8) is 0 Å². The van der Waals surface area contributed by atoms with Crippen molar-refractivity contribution >= 4 is 0 Å². The van der Waals surface area contributed by atoms with Gasteiger partial charge in [0.2, 0.25) is 0 Å². The van der Waals surface area contributed by atoms with Gasteiger partial charge in [0.1, 0.15) is 0 Å². The quantitative estimate of drug-likeness (QED) is 0.837. The second-order valence-corrected chi connectivity index (χ2v) is 5.88. The van der Waals surface area contributed by atoms with Crippen molar-refractivity contribution in [3.05, 3.63) is 35.9 Å². The van der Waals surface area contributed by atoms with Crippen LogP contribution in [0.1, 0.15) is 38.2 Å². The van der Waals surface area contributed by atoms with Gasteiger partial charge >= 0.3 is 0 Å². The molecule has 1 heterocycles. The number of aliphatic hydroxyl groups excluding tert-OH is 1. The number of nitrogens with one attached hydrogen (secondary N) is 1. The van der Waals surface area contributed by atoms with Crippen molar-refractivity contribution in [2.24, 2.45) is 0 Å². The van der Waals surface area contributed by atoms with E-state index in [9.17, 15) is 5.11 Å². The van der Waals surface area contributed by atoms with E-state index in [1.807, 2.05) is 25.2 Å². The van der Waals surface area contributed by atoms with E-state index < -0.39 is 0 Å². The van der Waals surface area contributed by atoms with Crippen molar-refractivity contribution in [3.8, 4) is 0 Å². The molecule has 1 aliphatic heterocycles. The third kappa shape index (κ3) is 3.22. The summed E-state index contributed by atoms with van der Waals surface area (Å²) < 4.78 is 0. The Morgan fingerprint density at radius 1 is 1.30 bits per heavy atom. The van der Waals surface area contributed by atoms with Crippen LogP contribution >= 0.6 is 0 Å². The Hall–Kier alpha value is -0.900. The lowest BCUT2D eigenvalue weighted by atomic mass is 9.88. The summed E-state index contributed by atoms with van der Waals surface area (Å²) in [6.45, 7) is 4.42. The van der Waals surface area contributed by atoms with Crippen LogP contribution in [0, 0.1) is 0 Å². The molecule has 0 bridgehead atoms. The molecule has 1 saturated heterocycles. The molecular formula is C17H28N2O. The maximum atomic E-state index is 10.0. The number of hydrogen-bond acceptors (Lipinski definition) is 3. The maximum absolute atomic E-state index is 10.0. The van der Waals surface area contributed by atoms with Gasteiger partial charge in [0.05, 0.1) is 12.1 Å². The second-order valence-electron chi connectivity index (χ2n) is 5.88. The summed E-state index contributed by atoms with van der Waals surface area (Å²) in [5, 5.41) is 13.4. The Labute approximate surface area is 123 Å². The summed E-state index contributed by atoms with van der Waals surface area (Å²) in [5.41, 5.74) is 0.817. The fourth-order valence-electron chi connectivity index (χ4n) is 3.37. The Bertz CT molecular complexity index is 389. The highest BCUT2D eigenvalue weighted by atomic mass is 16.3. The molecule has 3 heteroatoms. The zero-order valence-corrected chi connectivity index (χ0v) is 12.8. The number of hydrogen-bond donors (Lipinski definition) is 2. The number of likely N-dealkylation sites (tertiary alicyclic amines) is 1. The minimum absolute atomic E-state index is 0.125. The third-order valence-corrected chi connectivity index (χ3v) is 4.77. The molecule has 1 aliphatic rings. The van der Waals surface area contributed by atoms with Crippen LogP contribution in [-0.4, -0.2) is 42.8 Å². The van der Waals surface area contributed by atoms with Gasteiger partial charge in [0.25, 0.3) is 0 Å². The number of nitrogens with zero attached hydrogens (tertiary/aromatic N) is 1. The molecule has 2 unspecified atom stereocenters. The summed E-state index contributed by atoms with van der Waals surface area (Å²) in [6.07, 6.45) is 5.10. The minimum atomic E-state index is -0.355. The van der Waals surface area contributed by atoms with Gasteiger partial charge in [-0.3, -0.25) is 4.90 Å². The fourth-order valence-corrected chi connectivity index (χ4v) is 3.37. The van der Waals surface area contributed by atoms with Crippen molar-refractivity contribution < 1.29 is 5.11 Å². The van der Waals surface area contributed by atoms with Gasteiger partial charge in [-0.05, 0) is 38.4 Å². The Morgan fingerprint density at radius 2 is 2.05 bits per heavy atom. The average Bonchev–Trinajstić information content (AvgIpc) is 2.54. The molecule has 2 N–H and O–H groups in total. The SMILES string of the molecule is CCC1CCCCN1CC(CO)(NC)c1ccccc1. The highest BCUT2D eigenvalue weighted by molar-refractivity contribution is 5.25. The first-order valence-corrected chi connectivity index (χ1v) is 7.85. The lowest BCUT2D eigenvalue weighted by Gasteiger charge is -2.43. The summed E-state index contributed by atoms with van der Waals surface area (Å²) in [5.74, 6) is 0. The van der Waals surface area contributed by atoms with E-state index in [1.54, 1.807) is 0 Å². The van der Waals surface area contributed by atoms with Gasteiger partial charge in [0.15, 0.2) is 0 Å². The van der Waals surface area contributed by atoms with Gasteiger partial charge in [0, 0.05) is 12.6 Å². The predicted molar refractivity (Wildman–Crippen MR) is 83.8 cm³/mol. The third-order valence-electron chi connectivity index (χ3n) is 4.77. The highest BCUT2D eigenvalue weighted by Crippen LogP contribution is 2.27. The molecule has 0 spiro atoms. The zero-order valence-electron chi connectivity index (χ0n) is 12.8. The Kier molecular flexibility index (Phi) is 5.58. The number of aliphatic hydroxyl groups is 1. The smallest absolute Gasteiger partial charge is 0.0795 e. The lowest BCUT2D eigenvalue weighted by Crippen LogP contribution is -2.55. The van der Waals surface area contributed by atoms with Crippen LogP contribution in [0.4, 0.5) is 0 Å². The number of rotatable bonds is 6. The lowest BCUT2D eigenvalue weighted by molar-refractivity contribution is 0.0666. The first kappa shape index (κ1) is 15.5. The van der Waals surface area contributed by atoms with E-state index in [1.165, 1.54) is 31.2 Å². The van der Waals surface area contributed by atoms with Gasteiger partial charge in [-0.15, -0.1) is 0 Å². The van der Waals surface area contributed by atoms with Crippen LogP contribution in [0.3, 0.4) is 0 Å². The number of likely N-dealkylation sites (N-methyl/N-ethyl adjacent to an activating group) is 1. The van der Waals surface area contributed by atoms with Gasteiger partial charge < -0.3 is 10.4 Å². The molecular weight excluding hydrogens is 248 g/mol. The van der Waals surface area contributed by atoms with Crippen molar-refractivity contribution in [2.75, 3.05) is 26.7 Å². The molecule has 0 radical (unpaired) electrons. The Morgan fingerprint density at radius 3 is 2.65 bits per heavy atom. The predicted octanol–water partition coefficient (Wildman–Crippen LogP) is 2.36. The van der Waals surface area contributed by atoms with Crippen LogP contribution in [-0.2, 0) is 5.54 Å². The van der Waals surface area contributed by atoms with Crippen LogP contribution in [0.25, 0.3) is 0 Å². The molecule has 112 valence electrons. The van der Waals surface area contributed by atoms with E-state index in [-0.39, 0.29) is 12.1 Å². The summed E-state index contributed by atoms with van der Waals surface area (Å²) in [4.78, 5) is 2.56. The van der Waals surface area contributed by atoms with E-state index in [0.29, 0.717) is 6.04 Å². The average molecular weight is 276 g/mol. The molecule has 0 aliphatic carbocycles. The maximum Gasteiger partial charge on any atom is 0.0795 e. The summed E-state index contributed by atoms with van der Waals surface area (Å²) in [7, 11) is 1.95. The van der Waals surface area contributed by atoms with Gasteiger partial charge in [-0.25, -0.2) is 0 Å². The fraction of sp³-hybridized carbons (Fsp3) is 0.647. The van der Waals surface area contributed by atoms with E-state index in [0.717, 1.165) is 13.1 Å². The molecule has 1 fully saturated rings.